The van der Waals surface area contributed by atoms with Gasteiger partial charge in [-0.25, -0.2) is 0 Å². The Morgan fingerprint density at radius 3 is 2.50 bits per heavy atom. The van der Waals surface area contributed by atoms with Crippen LogP contribution in [-0.4, -0.2) is 5.91 Å². The molecule has 1 amide bonds. The zero-order valence-electron chi connectivity index (χ0n) is 7.88. The molecule has 2 nitrogen and oxygen atoms in total. The molecule has 0 aliphatic rings. The molecular formula is C10H7ClF3NO. The zero-order valence-corrected chi connectivity index (χ0v) is 8.64. The van der Waals surface area contributed by atoms with Crippen molar-refractivity contribution in [3.63, 3.8) is 0 Å². The topological polar surface area (TPSA) is 43.1 Å². The van der Waals surface area contributed by atoms with E-state index in [1.54, 1.807) is 0 Å². The number of primary amides is 1. The molecule has 2 N–H and O–H groups in total. The lowest BCUT2D eigenvalue weighted by molar-refractivity contribution is -0.137. The Balaban J connectivity index is 3.24. The average Bonchev–Trinajstić information content (AvgIpc) is 2.12. The molecule has 0 radical (unpaired) electrons. The maximum Gasteiger partial charge on any atom is 0.416 e. The van der Waals surface area contributed by atoms with E-state index >= 15 is 0 Å². The number of halogens is 4. The van der Waals surface area contributed by atoms with Crippen molar-refractivity contribution in [1.29, 1.82) is 0 Å². The third kappa shape index (κ3) is 3.27. The Labute approximate surface area is 94.5 Å². The van der Waals surface area contributed by atoms with Crippen LogP contribution < -0.4 is 5.73 Å². The van der Waals surface area contributed by atoms with Crippen LogP contribution in [0.15, 0.2) is 24.3 Å². The summed E-state index contributed by atoms with van der Waals surface area (Å²) in [5.74, 6) is -0.826. The van der Waals surface area contributed by atoms with Crippen molar-refractivity contribution in [2.75, 3.05) is 0 Å². The number of hydrogen-bond acceptors (Lipinski definition) is 1. The lowest BCUT2D eigenvalue weighted by Gasteiger charge is -2.10. The van der Waals surface area contributed by atoms with Gasteiger partial charge in [-0.15, -0.1) is 0 Å². The van der Waals surface area contributed by atoms with E-state index in [0.29, 0.717) is 0 Å². The second-order valence-electron chi connectivity index (χ2n) is 2.97. The van der Waals surface area contributed by atoms with Gasteiger partial charge in [-0.3, -0.25) is 4.79 Å². The van der Waals surface area contributed by atoms with Crippen molar-refractivity contribution in [2.45, 2.75) is 6.18 Å². The van der Waals surface area contributed by atoms with Gasteiger partial charge < -0.3 is 5.73 Å². The van der Waals surface area contributed by atoms with Crippen LogP contribution in [0, 0.1) is 0 Å². The molecule has 1 aromatic carbocycles. The Bertz CT molecular complexity index is 440. The molecule has 0 bridgehead atoms. The van der Waals surface area contributed by atoms with Crippen LogP contribution in [0.3, 0.4) is 0 Å². The smallest absolute Gasteiger partial charge is 0.366 e. The molecular weight excluding hydrogens is 243 g/mol. The number of hydrogen-bond donors (Lipinski definition) is 1. The van der Waals surface area contributed by atoms with E-state index in [4.69, 9.17) is 17.3 Å². The fraction of sp³-hybridized carbons (Fsp3) is 0.100. The lowest BCUT2D eigenvalue weighted by atomic mass is 10.1. The maximum absolute atomic E-state index is 12.5. The summed E-state index contributed by atoms with van der Waals surface area (Å²) in [7, 11) is 0. The first-order chi connectivity index (χ1) is 7.30. The predicted octanol–water partition coefficient (Wildman–Crippen LogP) is 2.86. The second kappa shape index (κ2) is 4.57. The average molecular weight is 250 g/mol. The number of carbonyl (C=O) groups is 1. The third-order valence-corrected chi connectivity index (χ3v) is 1.98. The Morgan fingerprint density at radius 1 is 1.38 bits per heavy atom. The molecule has 0 saturated heterocycles. The van der Waals surface area contributed by atoms with Gasteiger partial charge >= 0.3 is 6.18 Å². The zero-order chi connectivity index (χ0) is 12.3. The Kier molecular flexibility index (Phi) is 3.59. The fourth-order valence-corrected chi connectivity index (χ4v) is 1.28. The van der Waals surface area contributed by atoms with Crippen molar-refractivity contribution >= 4 is 23.6 Å². The van der Waals surface area contributed by atoms with Gasteiger partial charge in [0.15, 0.2) is 0 Å². The highest BCUT2D eigenvalue weighted by Gasteiger charge is 2.32. The summed E-state index contributed by atoms with van der Waals surface area (Å²) in [6, 6.07) is 3.10. The van der Waals surface area contributed by atoms with Gasteiger partial charge in [-0.05, 0) is 29.8 Å². The summed E-state index contributed by atoms with van der Waals surface area (Å²) in [5.41, 5.74) is 3.74. The SMILES string of the molecule is NC(=O)C=Cc1cc(Cl)ccc1C(F)(F)F. The van der Waals surface area contributed by atoms with E-state index in [1.807, 2.05) is 0 Å². The van der Waals surface area contributed by atoms with E-state index in [2.05, 4.69) is 0 Å². The summed E-state index contributed by atoms with van der Waals surface area (Å²) in [6.07, 6.45) is -2.67. The molecule has 0 aromatic heterocycles. The number of carbonyl (C=O) groups excluding carboxylic acids is 1. The van der Waals surface area contributed by atoms with Gasteiger partial charge in [0.1, 0.15) is 0 Å². The molecule has 0 fully saturated rings. The van der Waals surface area contributed by atoms with Crippen LogP contribution in [0.25, 0.3) is 6.08 Å². The van der Waals surface area contributed by atoms with E-state index in [1.165, 1.54) is 0 Å². The fourth-order valence-electron chi connectivity index (χ4n) is 1.10. The van der Waals surface area contributed by atoms with Crippen LogP contribution in [0.1, 0.15) is 11.1 Å². The minimum absolute atomic E-state index is 0.150. The lowest BCUT2D eigenvalue weighted by Crippen LogP contribution is -2.08. The van der Waals surface area contributed by atoms with E-state index in [-0.39, 0.29) is 10.6 Å². The Morgan fingerprint density at radius 2 is 2.00 bits per heavy atom. The van der Waals surface area contributed by atoms with Gasteiger partial charge in [-0.1, -0.05) is 11.6 Å². The number of amides is 1. The van der Waals surface area contributed by atoms with Crippen LogP contribution >= 0.6 is 11.6 Å². The van der Waals surface area contributed by atoms with Crippen molar-refractivity contribution in [3.05, 3.63) is 40.4 Å². The number of rotatable bonds is 2. The van der Waals surface area contributed by atoms with Crippen molar-refractivity contribution in [2.24, 2.45) is 5.73 Å². The minimum atomic E-state index is -4.50. The van der Waals surface area contributed by atoms with Gasteiger partial charge in [0.2, 0.25) is 5.91 Å². The van der Waals surface area contributed by atoms with Crippen molar-refractivity contribution < 1.29 is 18.0 Å². The second-order valence-corrected chi connectivity index (χ2v) is 3.40. The first kappa shape index (κ1) is 12.6. The summed E-state index contributed by atoms with van der Waals surface area (Å²) >= 11 is 5.56. The molecule has 0 aliphatic heterocycles. The first-order valence-corrected chi connectivity index (χ1v) is 4.53. The molecule has 6 heteroatoms. The highest BCUT2D eigenvalue weighted by atomic mass is 35.5. The van der Waals surface area contributed by atoms with Crippen molar-refractivity contribution in [1.82, 2.24) is 0 Å². The van der Waals surface area contributed by atoms with E-state index < -0.39 is 17.6 Å². The quantitative estimate of drug-likeness (QED) is 0.805. The van der Waals surface area contributed by atoms with Gasteiger partial charge in [0.25, 0.3) is 0 Å². The number of nitrogens with two attached hydrogens (primary N) is 1. The standard InChI is InChI=1S/C10H7ClF3NO/c11-7-2-3-8(10(12,13)14)6(5-7)1-4-9(15)16/h1-5H,(H2,15,16). The summed E-state index contributed by atoms with van der Waals surface area (Å²) < 4.78 is 37.5. The van der Waals surface area contributed by atoms with Crippen molar-refractivity contribution in [3.8, 4) is 0 Å². The summed E-state index contributed by atoms with van der Waals surface area (Å²) in [6.45, 7) is 0. The number of benzene rings is 1. The predicted molar refractivity (Wildman–Crippen MR) is 54.7 cm³/mol. The molecule has 0 spiro atoms. The van der Waals surface area contributed by atoms with E-state index in [9.17, 15) is 18.0 Å². The molecule has 0 saturated carbocycles. The Hall–Kier alpha value is -1.49. The largest absolute Gasteiger partial charge is 0.416 e. The monoisotopic (exact) mass is 249 g/mol. The van der Waals surface area contributed by atoms with Crippen LogP contribution in [0.2, 0.25) is 5.02 Å². The van der Waals surface area contributed by atoms with Gasteiger partial charge in [0.05, 0.1) is 5.56 Å². The molecule has 1 rings (SSSR count). The minimum Gasteiger partial charge on any atom is -0.366 e. The third-order valence-electron chi connectivity index (χ3n) is 1.75. The first-order valence-electron chi connectivity index (χ1n) is 4.15. The summed E-state index contributed by atoms with van der Waals surface area (Å²) in [5, 5.41) is 0.150. The van der Waals surface area contributed by atoms with Gasteiger partial charge in [-0.2, -0.15) is 13.2 Å². The van der Waals surface area contributed by atoms with E-state index in [0.717, 1.165) is 30.4 Å². The molecule has 0 heterocycles. The van der Waals surface area contributed by atoms with Gasteiger partial charge in [0, 0.05) is 11.1 Å². The van der Waals surface area contributed by atoms with Crippen LogP contribution in [-0.2, 0) is 11.0 Å². The molecule has 0 atom stereocenters. The molecule has 0 unspecified atom stereocenters. The molecule has 86 valence electrons. The molecule has 16 heavy (non-hydrogen) atoms. The molecule has 0 aliphatic carbocycles. The maximum atomic E-state index is 12.5. The van der Waals surface area contributed by atoms with Crippen LogP contribution in [0.4, 0.5) is 13.2 Å². The summed E-state index contributed by atoms with van der Waals surface area (Å²) in [4.78, 5) is 10.4. The molecule has 1 aromatic rings. The highest BCUT2D eigenvalue weighted by Crippen LogP contribution is 2.33. The highest BCUT2D eigenvalue weighted by molar-refractivity contribution is 6.30. The number of alkyl halides is 3. The van der Waals surface area contributed by atoms with Crippen LogP contribution in [0.5, 0.6) is 0 Å². The normalized spacial score (nSPS) is 12.0.